The molecule has 0 fully saturated rings. The first-order valence-electron chi connectivity index (χ1n) is 12.0. The summed E-state index contributed by atoms with van der Waals surface area (Å²) in [7, 11) is -1.02. The molecular formula is C28H43NO3S. The van der Waals surface area contributed by atoms with Crippen LogP contribution in [-0.4, -0.2) is 27.8 Å². The molecule has 2 aromatic carbocycles. The summed E-state index contributed by atoms with van der Waals surface area (Å²) in [6.07, 6.45) is 2.78. The lowest BCUT2D eigenvalue weighted by molar-refractivity contribution is -0.0234. The van der Waals surface area contributed by atoms with Crippen LogP contribution in [0.5, 0.6) is 5.75 Å². The topological polar surface area (TPSA) is 58.6 Å². The fourth-order valence-corrected chi connectivity index (χ4v) is 5.01. The monoisotopic (exact) mass is 473 g/mol. The lowest BCUT2D eigenvalue weighted by Crippen LogP contribution is -2.39. The van der Waals surface area contributed by atoms with Crippen molar-refractivity contribution < 1.29 is 14.1 Å². The van der Waals surface area contributed by atoms with Crippen molar-refractivity contribution in [2.24, 2.45) is 5.41 Å². The third-order valence-electron chi connectivity index (χ3n) is 6.94. The molecule has 0 spiro atoms. The SMILES string of the molecule is CCC(CC)(c1ccc(CNS(C)=O)c(C)c1)c1ccc(OC(C)C(O)C(C)(C)C)c(C)c1. The highest BCUT2D eigenvalue weighted by Crippen LogP contribution is 2.41. The molecule has 0 radical (unpaired) electrons. The van der Waals surface area contributed by atoms with Gasteiger partial charge < -0.3 is 9.84 Å². The molecule has 0 aliphatic rings. The van der Waals surface area contributed by atoms with Gasteiger partial charge in [-0.2, -0.15) is 0 Å². The molecule has 0 aliphatic heterocycles. The van der Waals surface area contributed by atoms with Gasteiger partial charge >= 0.3 is 0 Å². The lowest BCUT2D eigenvalue weighted by Gasteiger charge is -2.35. The number of aliphatic hydroxyl groups excluding tert-OH is 1. The Morgan fingerprint density at radius 3 is 2.00 bits per heavy atom. The number of aryl methyl sites for hydroxylation is 2. The fourth-order valence-electron chi connectivity index (χ4n) is 4.65. The van der Waals surface area contributed by atoms with Gasteiger partial charge in [-0.25, -0.2) is 8.93 Å². The van der Waals surface area contributed by atoms with Crippen molar-refractivity contribution in [3.8, 4) is 5.75 Å². The van der Waals surface area contributed by atoms with Crippen molar-refractivity contribution in [1.29, 1.82) is 0 Å². The molecule has 3 unspecified atom stereocenters. The van der Waals surface area contributed by atoms with Crippen LogP contribution in [0.3, 0.4) is 0 Å². The Hall–Kier alpha value is -1.69. The number of nitrogens with one attached hydrogen (secondary N) is 1. The Labute approximate surface area is 203 Å². The summed E-state index contributed by atoms with van der Waals surface area (Å²) >= 11 is 0. The van der Waals surface area contributed by atoms with Crippen LogP contribution in [0.15, 0.2) is 36.4 Å². The number of benzene rings is 2. The third-order valence-corrected chi connectivity index (χ3v) is 7.49. The molecule has 184 valence electrons. The maximum absolute atomic E-state index is 11.4. The molecule has 2 rings (SSSR count). The summed E-state index contributed by atoms with van der Waals surface area (Å²) in [5, 5.41) is 10.6. The van der Waals surface area contributed by atoms with Gasteiger partial charge in [-0.1, -0.05) is 65.0 Å². The molecule has 0 aliphatic carbocycles. The Bertz CT molecular complexity index is 960. The minimum atomic E-state index is -1.02. The fraction of sp³-hybridized carbons (Fsp3) is 0.571. The van der Waals surface area contributed by atoms with Crippen molar-refractivity contribution >= 4 is 11.0 Å². The standard InChI is InChI=1S/C28H43NO3S/c1-10-28(11-2,23-13-12-22(19(3)16-23)18-29-33(9)31)24-14-15-25(20(4)17-24)32-21(5)26(30)27(6,7)8/h12-17,21,26,29-30H,10-11,18H2,1-9H3. The van der Waals surface area contributed by atoms with E-state index in [0.29, 0.717) is 6.54 Å². The summed E-state index contributed by atoms with van der Waals surface area (Å²) in [6, 6.07) is 13.1. The number of aliphatic hydroxyl groups is 1. The van der Waals surface area contributed by atoms with Crippen LogP contribution < -0.4 is 9.46 Å². The molecule has 4 nitrogen and oxygen atoms in total. The second-order valence-electron chi connectivity index (χ2n) is 10.3. The summed E-state index contributed by atoms with van der Waals surface area (Å²) in [6.45, 7) is 17.3. The summed E-state index contributed by atoms with van der Waals surface area (Å²) < 4.78 is 20.6. The molecule has 2 N–H and O–H groups in total. The number of ether oxygens (including phenoxy) is 1. The molecule has 0 saturated carbocycles. The molecular weight excluding hydrogens is 430 g/mol. The van der Waals surface area contributed by atoms with Crippen molar-refractivity contribution in [2.75, 3.05) is 6.26 Å². The first-order chi connectivity index (χ1) is 15.4. The van der Waals surface area contributed by atoms with Crippen LogP contribution in [-0.2, 0) is 22.9 Å². The highest BCUT2D eigenvalue weighted by molar-refractivity contribution is 7.82. The predicted molar refractivity (Wildman–Crippen MR) is 140 cm³/mol. The summed E-state index contributed by atoms with van der Waals surface area (Å²) in [4.78, 5) is 0. The Kier molecular flexibility index (Phi) is 9.32. The minimum absolute atomic E-state index is 0.0931. The lowest BCUT2D eigenvalue weighted by atomic mass is 9.70. The molecule has 33 heavy (non-hydrogen) atoms. The molecule has 0 aromatic heterocycles. The highest BCUT2D eigenvalue weighted by Gasteiger charge is 2.32. The Morgan fingerprint density at radius 2 is 1.55 bits per heavy atom. The molecule has 0 saturated heterocycles. The highest BCUT2D eigenvalue weighted by atomic mass is 32.2. The van der Waals surface area contributed by atoms with E-state index in [9.17, 15) is 9.32 Å². The van der Waals surface area contributed by atoms with Gasteiger partial charge in [0.1, 0.15) is 11.9 Å². The molecule has 0 heterocycles. The van der Waals surface area contributed by atoms with E-state index in [0.717, 1.165) is 24.2 Å². The zero-order chi connectivity index (χ0) is 25.0. The average molecular weight is 474 g/mol. The van der Waals surface area contributed by atoms with Crippen LogP contribution >= 0.6 is 0 Å². The van der Waals surface area contributed by atoms with Gasteiger partial charge in [-0.05, 0) is 72.9 Å². The van der Waals surface area contributed by atoms with Crippen LogP contribution in [0.25, 0.3) is 0 Å². The second-order valence-corrected chi connectivity index (χ2v) is 11.5. The van der Waals surface area contributed by atoms with Gasteiger partial charge in [0.25, 0.3) is 0 Å². The molecule has 2 aromatic rings. The van der Waals surface area contributed by atoms with Gasteiger partial charge in [0, 0.05) is 18.2 Å². The largest absolute Gasteiger partial charge is 0.488 e. The first-order valence-corrected chi connectivity index (χ1v) is 13.5. The predicted octanol–water partition coefficient (Wildman–Crippen LogP) is 5.97. The van der Waals surface area contributed by atoms with E-state index in [1.807, 2.05) is 27.7 Å². The molecule has 0 bridgehead atoms. The normalized spacial score (nSPS) is 15.2. The quantitative estimate of drug-likeness (QED) is 0.447. The number of hydrogen-bond donors (Lipinski definition) is 2. The average Bonchev–Trinajstić information content (AvgIpc) is 2.74. The van der Waals surface area contributed by atoms with E-state index in [1.54, 1.807) is 6.26 Å². The van der Waals surface area contributed by atoms with Gasteiger partial charge in [-0.3, -0.25) is 0 Å². The van der Waals surface area contributed by atoms with E-state index in [-0.39, 0.29) is 16.9 Å². The van der Waals surface area contributed by atoms with Crippen molar-refractivity contribution in [2.45, 2.75) is 92.4 Å². The van der Waals surface area contributed by atoms with Crippen LogP contribution in [0.2, 0.25) is 0 Å². The van der Waals surface area contributed by atoms with Gasteiger partial charge in [-0.15, -0.1) is 0 Å². The third kappa shape index (κ3) is 6.46. The Balaban J connectivity index is 2.38. The van der Waals surface area contributed by atoms with Crippen LogP contribution in [0.4, 0.5) is 0 Å². The maximum Gasteiger partial charge on any atom is 0.122 e. The van der Waals surface area contributed by atoms with E-state index >= 15 is 0 Å². The van der Waals surface area contributed by atoms with Crippen LogP contribution in [0, 0.1) is 19.3 Å². The maximum atomic E-state index is 11.4. The van der Waals surface area contributed by atoms with Crippen molar-refractivity contribution in [1.82, 2.24) is 4.72 Å². The summed E-state index contributed by atoms with van der Waals surface area (Å²) in [5.41, 5.74) is 5.70. The molecule has 3 atom stereocenters. The van der Waals surface area contributed by atoms with E-state index < -0.39 is 17.1 Å². The van der Waals surface area contributed by atoms with Gasteiger partial charge in [0.15, 0.2) is 0 Å². The first kappa shape index (κ1) is 27.6. The Morgan fingerprint density at radius 1 is 1.00 bits per heavy atom. The zero-order valence-corrected chi connectivity index (χ0v) is 22.7. The molecule has 5 heteroatoms. The molecule has 0 amide bonds. The van der Waals surface area contributed by atoms with Gasteiger partial charge in [0.05, 0.1) is 17.1 Å². The zero-order valence-electron chi connectivity index (χ0n) is 21.9. The summed E-state index contributed by atoms with van der Waals surface area (Å²) in [5.74, 6) is 0.820. The van der Waals surface area contributed by atoms with Crippen molar-refractivity contribution in [3.63, 3.8) is 0 Å². The minimum Gasteiger partial charge on any atom is -0.488 e. The van der Waals surface area contributed by atoms with E-state index in [4.69, 9.17) is 4.74 Å². The van der Waals surface area contributed by atoms with E-state index in [2.05, 4.69) is 68.8 Å². The second kappa shape index (κ2) is 11.2. The number of hydrogen-bond acceptors (Lipinski definition) is 3. The smallest absolute Gasteiger partial charge is 0.122 e. The van der Waals surface area contributed by atoms with Crippen molar-refractivity contribution in [3.05, 3.63) is 64.2 Å². The van der Waals surface area contributed by atoms with Crippen LogP contribution in [0.1, 0.15) is 82.2 Å². The van der Waals surface area contributed by atoms with Gasteiger partial charge in [0.2, 0.25) is 0 Å². The van der Waals surface area contributed by atoms with E-state index in [1.165, 1.54) is 22.3 Å². The number of rotatable bonds is 10.